The summed E-state index contributed by atoms with van der Waals surface area (Å²) >= 11 is 0. The molecule has 1 amide bonds. The lowest BCUT2D eigenvalue weighted by Crippen LogP contribution is -2.45. The second-order valence-electron chi connectivity index (χ2n) is 8.41. The summed E-state index contributed by atoms with van der Waals surface area (Å²) in [7, 11) is 0. The van der Waals surface area contributed by atoms with Gasteiger partial charge in [-0.2, -0.15) is 0 Å². The third-order valence-electron chi connectivity index (χ3n) is 5.52. The molecule has 0 heterocycles. The van der Waals surface area contributed by atoms with E-state index in [9.17, 15) is 15.0 Å². The van der Waals surface area contributed by atoms with Crippen LogP contribution in [0.25, 0.3) is 0 Å². The van der Waals surface area contributed by atoms with Gasteiger partial charge in [0.15, 0.2) is 0 Å². The van der Waals surface area contributed by atoms with Crippen molar-refractivity contribution in [3.63, 3.8) is 0 Å². The van der Waals surface area contributed by atoms with Crippen molar-refractivity contribution in [2.24, 2.45) is 0 Å². The number of hydrogen-bond acceptors (Lipinski definition) is 3. The van der Waals surface area contributed by atoms with E-state index in [1.807, 2.05) is 6.08 Å². The first-order chi connectivity index (χ1) is 14.2. The normalized spacial score (nSPS) is 13.7. The van der Waals surface area contributed by atoms with Gasteiger partial charge >= 0.3 is 0 Å². The summed E-state index contributed by atoms with van der Waals surface area (Å²) in [6, 6.07) is -0.609. The summed E-state index contributed by atoms with van der Waals surface area (Å²) in [6.07, 6.45) is 23.1. The van der Waals surface area contributed by atoms with E-state index in [1.54, 1.807) is 6.08 Å². The Morgan fingerprint density at radius 1 is 0.793 bits per heavy atom. The van der Waals surface area contributed by atoms with Gasteiger partial charge in [0.2, 0.25) is 5.91 Å². The summed E-state index contributed by atoms with van der Waals surface area (Å²) in [5, 5.41) is 22.4. The lowest BCUT2D eigenvalue weighted by molar-refractivity contribution is -0.123. The second-order valence-corrected chi connectivity index (χ2v) is 8.41. The molecule has 2 unspecified atom stereocenters. The van der Waals surface area contributed by atoms with Crippen LogP contribution in [0.3, 0.4) is 0 Å². The predicted octanol–water partition coefficient (Wildman–Crippen LogP) is 6.05. The highest BCUT2D eigenvalue weighted by molar-refractivity contribution is 5.76. The summed E-state index contributed by atoms with van der Waals surface area (Å²) in [6.45, 7) is 4.15. The van der Waals surface area contributed by atoms with Gasteiger partial charge in [0.1, 0.15) is 0 Å². The molecule has 0 aliphatic carbocycles. The Morgan fingerprint density at radius 2 is 1.28 bits per heavy atom. The van der Waals surface area contributed by atoms with Crippen LogP contribution < -0.4 is 5.32 Å². The number of allylic oxidation sites excluding steroid dienone is 1. The van der Waals surface area contributed by atoms with Crippen molar-refractivity contribution < 1.29 is 15.0 Å². The van der Waals surface area contributed by atoms with E-state index in [2.05, 4.69) is 19.2 Å². The van der Waals surface area contributed by atoms with Crippen LogP contribution in [0.4, 0.5) is 0 Å². The molecule has 0 aromatic carbocycles. The molecule has 3 N–H and O–H groups in total. The molecule has 0 fully saturated rings. The van der Waals surface area contributed by atoms with Gasteiger partial charge in [-0.1, -0.05) is 109 Å². The van der Waals surface area contributed by atoms with Gasteiger partial charge in [0, 0.05) is 6.42 Å². The SMILES string of the molecule is CCCCCCCCCCCCC/C=C/C(O)C(CO)NC(=O)CCCCCC. The molecule has 0 spiro atoms. The van der Waals surface area contributed by atoms with Gasteiger partial charge < -0.3 is 15.5 Å². The Morgan fingerprint density at radius 3 is 1.79 bits per heavy atom. The molecule has 0 aromatic rings. The predicted molar refractivity (Wildman–Crippen MR) is 124 cm³/mol. The number of carbonyl (C=O) groups excluding carboxylic acids is 1. The van der Waals surface area contributed by atoms with Crippen LogP contribution in [-0.4, -0.2) is 34.9 Å². The highest BCUT2D eigenvalue weighted by Crippen LogP contribution is 2.12. The smallest absolute Gasteiger partial charge is 0.220 e. The maximum atomic E-state index is 11.9. The number of aliphatic hydroxyl groups excluding tert-OH is 2. The Bertz CT molecular complexity index is 384. The fourth-order valence-corrected chi connectivity index (χ4v) is 3.53. The van der Waals surface area contributed by atoms with Gasteiger partial charge in [-0.15, -0.1) is 0 Å². The van der Waals surface area contributed by atoms with E-state index >= 15 is 0 Å². The van der Waals surface area contributed by atoms with Gasteiger partial charge in [-0.05, 0) is 19.3 Å². The molecular formula is C25H49NO3. The number of hydrogen-bond donors (Lipinski definition) is 3. The topological polar surface area (TPSA) is 69.6 Å². The van der Waals surface area contributed by atoms with E-state index in [-0.39, 0.29) is 12.5 Å². The fourth-order valence-electron chi connectivity index (χ4n) is 3.53. The van der Waals surface area contributed by atoms with Gasteiger partial charge in [0.25, 0.3) is 0 Å². The Kier molecular flexibility index (Phi) is 21.2. The highest BCUT2D eigenvalue weighted by Gasteiger charge is 2.17. The molecule has 2 atom stereocenters. The minimum atomic E-state index is -0.827. The first-order valence-corrected chi connectivity index (χ1v) is 12.4. The van der Waals surface area contributed by atoms with Crippen molar-refractivity contribution in [3.05, 3.63) is 12.2 Å². The number of carbonyl (C=O) groups is 1. The lowest BCUT2D eigenvalue weighted by Gasteiger charge is -2.19. The summed E-state index contributed by atoms with van der Waals surface area (Å²) < 4.78 is 0. The molecule has 0 aromatic heterocycles. The molecule has 0 saturated heterocycles. The Labute approximate surface area is 180 Å². The molecule has 4 heteroatoms. The quantitative estimate of drug-likeness (QED) is 0.159. The summed E-state index contributed by atoms with van der Waals surface area (Å²) in [5.74, 6) is -0.0852. The monoisotopic (exact) mass is 411 g/mol. The molecule has 0 radical (unpaired) electrons. The van der Waals surface area contributed by atoms with Crippen LogP contribution >= 0.6 is 0 Å². The van der Waals surface area contributed by atoms with Gasteiger partial charge in [0.05, 0.1) is 18.8 Å². The zero-order valence-electron chi connectivity index (χ0n) is 19.3. The van der Waals surface area contributed by atoms with E-state index in [0.717, 1.165) is 38.5 Å². The molecule has 0 aliphatic rings. The molecule has 0 rings (SSSR count). The Balaban J connectivity index is 3.68. The molecule has 0 bridgehead atoms. The molecule has 29 heavy (non-hydrogen) atoms. The third kappa shape index (κ3) is 18.9. The average molecular weight is 412 g/mol. The van der Waals surface area contributed by atoms with Crippen molar-refractivity contribution in [1.29, 1.82) is 0 Å². The largest absolute Gasteiger partial charge is 0.394 e. The number of rotatable bonds is 21. The van der Waals surface area contributed by atoms with Gasteiger partial charge in [-0.25, -0.2) is 0 Å². The van der Waals surface area contributed by atoms with E-state index in [1.165, 1.54) is 64.2 Å². The average Bonchev–Trinajstić information content (AvgIpc) is 2.72. The number of nitrogens with one attached hydrogen (secondary N) is 1. The lowest BCUT2D eigenvalue weighted by atomic mass is 10.0. The zero-order valence-corrected chi connectivity index (χ0v) is 19.3. The van der Waals surface area contributed by atoms with Crippen molar-refractivity contribution in [2.75, 3.05) is 6.61 Å². The van der Waals surface area contributed by atoms with Crippen molar-refractivity contribution in [3.8, 4) is 0 Å². The molecule has 0 aliphatic heterocycles. The first kappa shape index (κ1) is 28.1. The van der Waals surface area contributed by atoms with Gasteiger partial charge in [-0.3, -0.25) is 4.79 Å². The van der Waals surface area contributed by atoms with Crippen LogP contribution in [0.5, 0.6) is 0 Å². The molecule has 0 saturated carbocycles. The van der Waals surface area contributed by atoms with Crippen LogP contribution in [0.2, 0.25) is 0 Å². The van der Waals surface area contributed by atoms with Crippen LogP contribution in [0.15, 0.2) is 12.2 Å². The number of unbranched alkanes of at least 4 members (excludes halogenated alkanes) is 14. The van der Waals surface area contributed by atoms with Crippen molar-refractivity contribution in [1.82, 2.24) is 5.32 Å². The van der Waals surface area contributed by atoms with Crippen LogP contribution in [0.1, 0.15) is 123 Å². The van der Waals surface area contributed by atoms with E-state index in [0.29, 0.717) is 6.42 Å². The van der Waals surface area contributed by atoms with Crippen LogP contribution in [-0.2, 0) is 4.79 Å². The number of aliphatic hydroxyl groups is 2. The van der Waals surface area contributed by atoms with Crippen LogP contribution in [0, 0.1) is 0 Å². The summed E-state index contributed by atoms with van der Waals surface area (Å²) in [4.78, 5) is 11.9. The Hall–Kier alpha value is -0.870. The second kappa shape index (κ2) is 21.8. The summed E-state index contributed by atoms with van der Waals surface area (Å²) in [5.41, 5.74) is 0. The van der Waals surface area contributed by atoms with E-state index in [4.69, 9.17) is 0 Å². The maximum absolute atomic E-state index is 11.9. The molecular weight excluding hydrogens is 362 g/mol. The molecule has 4 nitrogen and oxygen atoms in total. The highest BCUT2D eigenvalue weighted by atomic mass is 16.3. The third-order valence-corrected chi connectivity index (χ3v) is 5.52. The minimum Gasteiger partial charge on any atom is -0.394 e. The zero-order chi connectivity index (χ0) is 21.6. The van der Waals surface area contributed by atoms with Crippen molar-refractivity contribution in [2.45, 2.75) is 135 Å². The standard InChI is InChI=1S/C25H49NO3/c1-3-5-7-9-10-11-12-13-14-15-16-17-18-20-24(28)23(22-27)26-25(29)21-19-8-6-4-2/h18,20,23-24,27-28H,3-17,19,21-22H2,1-2H3,(H,26,29)/b20-18+. The van der Waals surface area contributed by atoms with Crippen molar-refractivity contribution >= 4 is 5.91 Å². The molecule has 172 valence electrons. The fraction of sp³-hybridized carbons (Fsp3) is 0.880. The van der Waals surface area contributed by atoms with E-state index < -0.39 is 12.1 Å². The maximum Gasteiger partial charge on any atom is 0.220 e. The minimum absolute atomic E-state index is 0.0852. The number of amides is 1. The first-order valence-electron chi connectivity index (χ1n) is 12.4.